The maximum Gasteiger partial charge on any atom is 0.409 e. The van der Waals surface area contributed by atoms with Crippen LogP contribution in [-0.2, 0) is 19.6 Å². The average Bonchev–Trinajstić information content (AvgIpc) is 2.65. The van der Waals surface area contributed by atoms with Crippen LogP contribution in [0.1, 0.15) is 38.8 Å². The van der Waals surface area contributed by atoms with Crippen molar-refractivity contribution in [3.8, 4) is 5.75 Å². The Balaban J connectivity index is 2.54. The second-order valence-electron chi connectivity index (χ2n) is 7.39. The number of sulfonamides is 1. The molecular weight excluding hydrogens is 433 g/mol. The van der Waals surface area contributed by atoms with Crippen molar-refractivity contribution in [2.75, 3.05) is 32.2 Å². The van der Waals surface area contributed by atoms with Crippen LogP contribution in [0.3, 0.4) is 0 Å². The summed E-state index contributed by atoms with van der Waals surface area (Å²) in [4.78, 5) is 22.4. The number of nitrogens with two attached hydrogens (primary N) is 1. The Morgan fingerprint density at radius 2 is 1.97 bits per heavy atom. The van der Waals surface area contributed by atoms with Gasteiger partial charge in [-0.3, -0.25) is 9.69 Å². The van der Waals surface area contributed by atoms with Gasteiger partial charge in [0.2, 0.25) is 15.9 Å². The number of ether oxygens (including phenoxy) is 2. The van der Waals surface area contributed by atoms with Crippen LogP contribution >= 0.6 is 0 Å². The standard InChI is InChI=1S/C19H30FN3O7S/c1-13(2)11-30-17-9-15(5-6-16(17)20)14(3)22-31(27,28)8-4-7-29-12-23(19(25)26)10-18(21)24/h5-6,9,13-14,22H,4,7-8,10-12H2,1-3H3,(H2,21,24)(H,25,26). The third-order valence-electron chi connectivity index (χ3n) is 3.95. The monoisotopic (exact) mass is 463 g/mol. The molecule has 4 N–H and O–H groups in total. The Kier molecular flexibility index (Phi) is 10.7. The first-order valence-electron chi connectivity index (χ1n) is 9.67. The zero-order valence-electron chi connectivity index (χ0n) is 17.8. The van der Waals surface area contributed by atoms with Crippen molar-refractivity contribution >= 4 is 22.0 Å². The fraction of sp³-hybridized carbons (Fsp3) is 0.579. The van der Waals surface area contributed by atoms with Crippen LogP contribution < -0.4 is 15.2 Å². The SMILES string of the molecule is CC(C)COc1cc(C(C)NS(=O)(=O)CCCOCN(CC(N)=O)C(=O)O)ccc1F. The van der Waals surface area contributed by atoms with Gasteiger partial charge in [0.05, 0.1) is 12.4 Å². The molecule has 0 bridgehead atoms. The summed E-state index contributed by atoms with van der Waals surface area (Å²) in [5, 5.41) is 8.91. The number of rotatable bonds is 14. The minimum atomic E-state index is -3.68. The van der Waals surface area contributed by atoms with Gasteiger partial charge in [-0.2, -0.15) is 0 Å². The van der Waals surface area contributed by atoms with Crippen molar-refractivity contribution < 1.29 is 37.0 Å². The van der Waals surface area contributed by atoms with Gasteiger partial charge in [0.1, 0.15) is 13.3 Å². The number of nitrogens with one attached hydrogen (secondary N) is 1. The van der Waals surface area contributed by atoms with Crippen molar-refractivity contribution in [1.29, 1.82) is 0 Å². The molecule has 1 unspecified atom stereocenters. The summed E-state index contributed by atoms with van der Waals surface area (Å²) in [6.07, 6.45) is -1.28. The van der Waals surface area contributed by atoms with Gasteiger partial charge in [-0.15, -0.1) is 0 Å². The first-order chi connectivity index (χ1) is 14.4. The number of carboxylic acid groups (broad SMARTS) is 1. The number of amides is 2. The normalized spacial score (nSPS) is 12.5. The molecule has 1 aromatic rings. The van der Waals surface area contributed by atoms with E-state index in [-0.39, 0.29) is 30.4 Å². The number of nitrogens with zero attached hydrogens (tertiary/aromatic N) is 1. The lowest BCUT2D eigenvalue weighted by atomic mass is 10.1. The molecule has 2 amide bonds. The summed E-state index contributed by atoms with van der Waals surface area (Å²) < 4.78 is 51.5. The van der Waals surface area contributed by atoms with Gasteiger partial charge in [0.15, 0.2) is 11.6 Å². The second-order valence-corrected chi connectivity index (χ2v) is 9.26. The highest BCUT2D eigenvalue weighted by Gasteiger charge is 2.18. The third kappa shape index (κ3) is 10.4. The highest BCUT2D eigenvalue weighted by Crippen LogP contribution is 2.24. The van der Waals surface area contributed by atoms with Gasteiger partial charge in [0, 0.05) is 12.6 Å². The third-order valence-corrected chi connectivity index (χ3v) is 5.49. The van der Waals surface area contributed by atoms with Gasteiger partial charge in [0.25, 0.3) is 0 Å². The summed E-state index contributed by atoms with van der Waals surface area (Å²) in [7, 11) is -3.68. The summed E-state index contributed by atoms with van der Waals surface area (Å²) in [6.45, 7) is 4.85. The van der Waals surface area contributed by atoms with E-state index in [2.05, 4.69) is 4.72 Å². The molecule has 0 saturated carbocycles. The van der Waals surface area contributed by atoms with E-state index in [0.29, 0.717) is 17.1 Å². The van der Waals surface area contributed by atoms with Crippen LogP contribution in [0.2, 0.25) is 0 Å². The Bertz CT molecular complexity index is 849. The molecule has 0 fully saturated rings. The lowest BCUT2D eigenvalue weighted by Crippen LogP contribution is -2.39. The predicted molar refractivity (Wildman–Crippen MR) is 111 cm³/mol. The molecule has 0 aromatic heterocycles. The van der Waals surface area contributed by atoms with Crippen molar-refractivity contribution in [3.63, 3.8) is 0 Å². The molecule has 1 rings (SSSR count). The van der Waals surface area contributed by atoms with E-state index in [0.717, 1.165) is 0 Å². The molecule has 1 aromatic carbocycles. The van der Waals surface area contributed by atoms with Crippen LogP contribution in [-0.4, -0.2) is 62.7 Å². The molecule has 0 aliphatic carbocycles. The zero-order valence-corrected chi connectivity index (χ0v) is 18.7. The summed E-state index contributed by atoms with van der Waals surface area (Å²) in [5.41, 5.74) is 5.49. The molecule has 0 spiro atoms. The van der Waals surface area contributed by atoms with Crippen LogP contribution in [0.15, 0.2) is 18.2 Å². The van der Waals surface area contributed by atoms with E-state index >= 15 is 0 Å². The maximum atomic E-state index is 13.9. The minimum absolute atomic E-state index is 0.0401. The van der Waals surface area contributed by atoms with Crippen molar-refractivity contribution in [2.24, 2.45) is 11.7 Å². The first-order valence-corrected chi connectivity index (χ1v) is 11.3. The van der Waals surface area contributed by atoms with Gasteiger partial charge in [-0.1, -0.05) is 19.9 Å². The number of carbonyl (C=O) groups is 2. The zero-order chi connectivity index (χ0) is 23.6. The van der Waals surface area contributed by atoms with Gasteiger partial charge < -0.3 is 20.3 Å². The Labute approximate surface area is 181 Å². The van der Waals surface area contributed by atoms with Gasteiger partial charge in [-0.05, 0) is 37.0 Å². The number of hydrogen-bond donors (Lipinski definition) is 3. The Hall–Kier alpha value is -2.44. The van der Waals surface area contributed by atoms with Gasteiger partial charge in [-0.25, -0.2) is 22.3 Å². The summed E-state index contributed by atoms with van der Waals surface area (Å²) >= 11 is 0. The molecule has 0 radical (unpaired) electrons. The van der Waals surface area contributed by atoms with Crippen LogP contribution in [0, 0.1) is 11.7 Å². The molecule has 0 heterocycles. The van der Waals surface area contributed by atoms with E-state index < -0.39 is 47.2 Å². The number of primary amides is 1. The molecule has 0 saturated heterocycles. The number of benzene rings is 1. The smallest absolute Gasteiger partial charge is 0.409 e. The predicted octanol–water partition coefficient (Wildman–Crippen LogP) is 1.67. The van der Waals surface area contributed by atoms with Crippen molar-refractivity contribution in [3.05, 3.63) is 29.6 Å². The number of carbonyl (C=O) groups excluding carboxylic acids is 1. The quantitative estimate of drug-likeness (QED) is 0.281. The Morgan fingerprint density at radius 3 is 2.55 bits per heavy atom. The molecular formula is C19H30FN3O7S. The molecule has 31 heavy (non-hydrogen) atoms. The molecule has 176 valence electrons. The first kappa shape index (κ1) is 26.6. The average molecular weight is 464 g/mol. The van der Waals surface area contributed by atoms with E-state index in [4.69, 9.17) is 20.3 Å². The van der Waals surface area contributed by atoms with E-state index in [1.165, 1.54) is 18.2 Å². The van der Waals surface area contributed by atoms with Gasteiger partial charge >= 0.3 is 6.09 Å². The lowest BCUT2D eigenvalue weighted by molar-refractivity contribution is -0.120. The highest BCUT2D eigenvalue weighted by molar-refractivity contribution is 7.89. The fourth-order valence-electron chi connectivity index (χ4n) is 2.44. The topological polar surface area (TPSA) is 148 Å². The van der Waals surface area contributed by atoms with Crippen LogP contribution in [0.5, 0.6) is 5.75 Å². The minimum Gasteiger partial charge on any atom is -0.490 e. The lowest BCUT2D eigenvalue weighted by Gasteiger charge is -2.18. The van der Waals surface area contributed by atoms with E-state index in [1.54, 1.807) is 6.92 Å². The van der Waals surface area contributed by atoms with Crippen LogP contribution in [0.4, 0.5) is 9.18 Å². The number of halogens is 1. The van der Waals surface area contributed by atoms with Crippen molar-refractivity contribution in [2.45, 2.75) is 33.2 Å². The molecule has 12 heteroatoms. The fourth-order valence-corrected chi connectivity index (χ4v) is 3.73. The second kappa shape index (κ2) is 12.4. The van der Waals surface area contributed by atoms with Crippen LogP contribution in [0.25, 0.3) is 0 Å². The summed E-state index contributed by atoms with van der Waals surface area (Å²) in [6, 6.07) is 3.55. The molecule has 10 nitrogen and oxygen atoms in total. The molecule has 0 aliphatic heterocycles. The number of hydrogen-bond acceptors (Lipinski definition) is 6. The summed E-state index contributed by atoms with van der Waals surface area (Å²) in [5.74, 6) is -1.35. The highest BCUT2D eigenvalue weighted by atomic mass is 32.2. The maximum absolute atomic E-state index is 13.9. The Morgan fingerprint density at radius 1 is 1.29 bits per heavy atom. The molecule has 1 atom stereocenters. The molecule has 0 aliphatic rings. The van der Waals surface area contributed by atoms with E-state index in [1.807, 2.05) is 13.8 Å². The van der Waals surface area contributed by atoms with Crippen molar-refractivity contribution in [1.82, 2.24) is 9.62 Å². The van der Waals surface area contributed by atoms with E-state index in [9.17, 15) is 22.4 Å². The largest absolute Gasteiger partial charge is 0.490 e.